The number of carbonyl (C=O) groups excluding carboxylic acids is 1. The minimum Gasteiger partial charge on any atom is -0.489 e. The Morgan fingerprint density at radius 2 is 1.90 bits per heavy atom. The third-order valence-corrected chi connectivity index (χ3v) is 4.42. The molecule has 0 unspecified atom stereocenters. The molecule has 0 aliphatic rings. The fourth-order valence-corrected chi connectivity index (χ4v) is 2.88. The van der Waals surface area contributed by atoms with E-state index in [0.29, 0.717) is 28.6 Å². The van der Waals surface area contributed by atoms with Crippen LogP contribution in [0.1, 0.15) is 27.2 Å². The van der Waals surface area contributed by atoms with E-state index < -0.39 is 6.16 Å². The number of hydrogen-bond acceptors (Lipinski definition) is 5. The normalized spacial score (nSPS) is 10.3. The van der Waals surface area contributed by atoms with Crippen molar-refractivity contribution in [1.82, 2.24) is 10.3 Å². The van der Waals surface area contributed by atoms with Gasteiger partial charge in [-0.05, 0) is 54.4 Å². The topological polar surface area (TPSA) is 97.8 Å². The molecule has 0 bridgehead atoms. The molecule has 0 aliphatic carbocycles. The Hall–Kier alpha value is -3.58. The summed E-state index contributed by atoms with van der Waals surface area (Å²) in [6.07, 6.45) is -0.128. The molecule has 0 spiro atoms. The Balaban J connectivity index is 1.61. The molecular formula is C22H19ClN2O5. The Labute approximate surface area is 178 Å². The first-order valence-corrected chi connectivity index (χ1v) is 9.40. The van der Waals surface area contributed by atoms with Gasteiger partial charge in [-0.1, -0.05) is 29.8 Å². The minimum absolute atomic E-state index is 0.109. The van der Waals surface area contributed by atoms with E-state index in [2.05, 4.69) is 15.0 Å². The van der Waals surface area contributed by atoms with Crippen LogP contribution in [0.3, 0.4) is 0 Å². The van der Waals surface area contributed by atoms with E-state index in [9.17, 15) is 9.59 Å². The van der Waals surface area contributed by atoms with Gasteiger partial charge < -0.3 is 19.9 Å². The molecule has 1 aromatic heterocycles. The molecule has 1 amide bonds. The predicted molar refractivity (Wildman–Crippen MR) is 111 cm³/mol. The van der Waals surface area contributed by atoms with Crippen molar-refractivity contribution in [2.75, 3.05) is 0 Å². The van der Waals surface area contributed by atoms with Crippen molar-refractivity contribution in [3.63, 3.8) is 0 Å². The average molecular weight is 427 g/mol. The summed E-state index contributed by atoms with van der Waals surface area (Å²) in [5.74, 6) is 0.408. The number of aromatic nitrogens is 1. The van der Waals surface area contributed by atoms with Gasteiger partial charge >= 0.3 is 6.16 Å². The van der Waals surface area contributed by atoms with Crippen LogP contribution < -0.4 is 14.8 Å². The number of carboxylic acid groups (broad SMARTS) is 1. The van der Waals surface area contributed by atoms with Crippen LogP contribution in [0.4, 0.5) is 4.79 Å². The third kappa shape index (κ3) is 5.96. The molecule has 0 atom stereocenters. The van der Waals surface area contributed by atoms with E-state index in [4.69, 9.17) is 21.4 Å². The van der Waals surface area contributed by atoms with E-state index in [1.165, 1.54) is 12.3 Å². The highest BCUT2D eigenvalue weighted by Crippen LogP contribution is 2.20. The van der Waals surface area contributed by atoms with Crippen molar-refractivity contribution < 1.29 is 24.2 Å². The van der Waals surface area contributed by atoms with Gasteiger partial charge in [0.2, 0.25) is 0 Å². The van der Waals surface area contributed by atoms with Crippen molar-refractivity contribution in [3.8, 4) is 11.5 Å². The van der Waals surface area contributed by atoms with Crippen LogP contribution in [0, 0.1) is 6.92 Å². The SMILES string of the molecule is Cc1ccc(OCc2cccc(Cl)c2)cc1C(=O)NCc1ccc(OC(=O)O)cn1. The van der Waals surface area contributed by atoms with E-state index in [1.54, 1.807) is 24.3 Å². The molecule has 3 rings (SSSR count). The van der Waals surface area contributed by atoms with Gasteiger partial charge in [-0.25, -0.2) is 4.79 Å². The average Bonchev–Trinajstić information content (AvgIpc) is 2.72. The Morgan fingerprint density at radius 1 is 1.10 bits per heavy atom. The summed E-state index contributed by atoms with van der Waals surface area (Å²) in [7, 11) is 0. The smallest absolute Gasteiger partial charge is 0.489 e. The van der Waals surface area contributed by atoms with Crippen LogP contribution in [-0.2, 0) is 13.2 Å². The summed E-state index contributed by atoms with van der Waals surface area (Å²) in [6.45, 7) is 2.35. The standard InChI is InChI=1S/C22H19ClN2O5/c1-14-5-7-18(29-13-15-3-2-4-16(23)9-15)10-20(14)21(26)25-11-17-6-8-19(12-24-17)30-22(27)28/h2-10,12H,11,13H2,1H3,(H,25,26)(H,27,28). The van der Waals surface area contributed by atoms with Crippen molar-refractivity contribution in [3.05, 3.63) is 88.2 Å². The highest BCUT2D eigenvalue weighted by atomic mass is 35.5. The maximum absolute atomic E-state index is 12.6. The lowest BCUT2D eigenvalue weighted by atomic mass is 10.1. The molecule has 2 N–H and O–H groups in total. The van der Waals surface area contributed by atoms with Crippen LogP contribution in [-0.4, -0.2) is 22.2 Å². The second-order valence-electron chi connectivity index (χ2n) is 6.43. The summed E-state index contributed by atoms with van der Waals surface area (Å²) < 4.78 is 10.3. The number of hydrogen-bond donors (Lipinski definition) is 2. The Bertz CT molecular complexity index is 1050. The zero-order valence-electron chi connectivity index (χ0n) is 16.1. The number of amides is 1. The molecular weight excluding hydrogens is 408 g/mol. The quantitative estimate of drug-likeness (QED) is 0.535. The van der Waals surface area contributed by atoms with E-state index in [0.717, 1.165) is 11.1 Å². The fraction of sp³-hybridized carbons (Fsp3) is 0.136. The highest BCUT2D eigenvalue weighted by molar-refractivity contribution is 6.30. The molecule has 0 fully saturated rings. The maximum atomic E-state index is 12.6. The first-order valence-electron chi connectivity index (χ1n) is 9.02. The summed E-state index contributed by atoms with van der Waals surface area (Å²) in [4.78, 5) is 27.2. The summed E-state index contributed by atoms with van der Waals surface area (Å²) in [5.41, 5.74) is 2.78. The van der Waals surface area contributed by atoms with Crippen LogP contribution in [0.2, 0.25) is 5.02 Å². The Morgan fingerprint density at radius 3 is 2.60 bits per heavy atom. The second-order valence-corrected chi connectivity index (χ2v) is 6.87. The number of pyridine rings is 1. The molecule has 2 aromatic carbocycles. The first-order chi connectivity index (χ1) is 14.4. The molecule has 0 radical (unpaired) electrons. The van der Waals surface area contributed by atoms with Crippen molar-refractivity contribution >= 4 is 23.7 Å². The van der Waals surface area contributed by atoms with Gasteiger partial charge in [0.15, 0.2) is 5.75 Å². The summed E-state index contributed by atoms with van der Waals surface area (Å²) in [6, 6.07) is 15.7. The van der Waals surface area contributed by atoms with Gasteiger partial charge in [0.25, 0.3) is 5.91 Å². The summed E-state index contributed by atoms with van der Waals surface area (Å²) in [5, 5.41) is 12.0. The second kappa shape index (κ2) is 9.76. The first kappa shape index (κ1) is 21.1. The molecule has 7 nitrogen and oxygen atoms in total. The van der Waals surface area contributed by atoms with E-state index >= 15 is 0 Å². The van der Waals surface area contributed by atoms with Gasteiger partial charge in [0.1, 0.15) is 12.4 Å². The minimum atomic E-state index is -1.41. The van der Waals surface area contributed by atoms with Crippen molar-refractivity contribution in [2.24, 2.45) is 0 Å². The van der Waals surface area contributed by atoms with Crippen LogP contribution in [0.15, 0.2) is 60.8 Å². The van der Waals surface area contributed by atoms with Gasteiger partial charge in [0, 0.05) is 10.6 Å². The molecule has 8 heteroatoms. The number of rotatable bonds is 7. The number of nitrogens with one attached hydrogen (secondary N) is 1. The zero-order chi connectivity index (χ0) is 21.5. The van der Waals surface area contributed by atoms with Gasteiger partial charge in [-0.3, -0.25) is 9.78 Å². The van der Waals surface area contributed by atoms with Crippen LogP contribution in [0.5, 0.6) is 11.5 Å². The van der Waals surface area contributed by atoms with Crippen LogP contribution in [0.25, 0.3) is 0 Å². The third-order valence-electron chi connectivity index (χ3n) is 4.18. The predicted octanol–water partition coefficient (Wildman–Crippen LogP) is 4.61. The van der Waals surface area contributed by atoms with E-state index in [-0.39, 0.29) is 18.2 Å². The number of ether oxygens (including phenoxy) is 2. The molecule has 30 heavy (non-hydrogen) atoms. The maximum Gasteiger partial charge on any atom is 0.511 e. The monoisotopic (exact) mass is 426 g/mol. The lowest BCUT2D eigenvalue weighted by Gasteiger charge is -2.11. The summed E-state index contributed by atoms with van der Waals surface area (Å²) >= 11 is 5.98. The molecule has 0 aliphatic heterocycles. The molecule has 3 aromatic rings. The van der Waals surface area contributed by atoms with Gasteiger partial charge in [-0.2, -0.15) is 0 Å². The van der Waals surface area contributed by atoms with Crippen molar-refractivity contribution in [1.29, 1.82) is 0 Å². The van der Waals surface area contributed by atoms with Gasteiger partial charge in [-0.15, -0.1) is 0 Å². The Kier molecular flexibility index (Phi) is 6.87. The van der Waals surface area contributed by atoms with Crippen molar-refractivity contribution in [2.45, 2.75) is 20.1 Å². The number of halogens is 1. The fourth-order valence-electron chi connectivity index (χ4n) is 2.67. The zero-order valence-corrected chi connectivity index (χ0v) is 16.8. The molecule has 1 heterocycles. The molecule has 154 valence electrons. The number of benzene rings is 2. The van der Waals surface area contributed by atoms with Gasteiger partial charge in [0.05, 0.1) is 18.4 Å². The largest absolute Gasteiger partial charge is 0.511 e. The van der Waals surface area contributed by atoms with Crippen LogP contribution >= 0.6 is 11.6 Å². The number of nitrogens with zero attached hydrogens (tertiary/aromatic N) is 1. The lowest BCUT2D eigenvalue weighted by Crippen LogP contribution is -2.24. The highest BCUT2D eigenvalue weighted by Gasteiger charge is 2.11. The number of aryl methyl sites for hydroxylation is 1. The molecule has 0 saturated heterocycles. The number of carbonyl (C=O) groups is 2. The van der Waals surface area contributed by atoms with E-state index in [1.807, 2.05) is 31.2 Å². The lowest BCUT2D eigenvalue weighted by molar-refractivity contribution is 0.0949. The molecule has 0 saturated carbocycles.